The van der Waals surface area contributed by atoms with Gasteiger partial charge in [-0.1, -0.05) is 12.1 Å². The maximum absolute atomic E-state index is 12.3. The summed E-state index contributed by atoms with van der Waals surface area (Å²) in [6.07, 6.45) is 2.69. The number of carbonyl (C=O) groups is 1. The third-order valence-electron chi connectivity index (χ3n) is 3.15. The average Bonchev–Trinajstić information content (AvgIpc) is 2.53. The predicted molar refractivity (Wildman–Crippen MR) is 76.7 cm³/mol. The molecular formula is C16H19N2O2+. The number of rotatable bonds is 5. The van der Waals surface area contributed by atoms with Gasteiger partial charge in [0.1, 0.15) is 5.75 Å². The van der Waals surface area contributed by atoms with Crippen LogP contribution >= 0.6 is 0 Å². The second-order valence-corrected chi connectivity index (χ2v) is 4.60. The summed E-state index contributed by atoms with van der Waals surface area (Å²) in [5.74, 6) is 0.695. The monoisotopic (exact) mass is 271 g/mol. The molecule has 1 aromatic heterocycles. The van der Waals surface area contributed by atoms with Gasteiger partial charge in [0.05, 0.1) is 7.11 Å². The second kappa shape index (κ2) is 6.70. The normalized spacial score (nSPS) is 10.1. The van der Waals surface area contributed by atoms with E-state index >= 15 is 0 Å². The van der Waals surface area contributed by atoms with Gasteiger partial charge in [-0.05, 0) is 18.2 Å². The first-order chi connectivity index (χ1) is 9.70. The molecule has 0 saturated heterocycles. The van der Waals surface area contributed by atoms with Crippen LogP contribution in [0.2, 0.25) is 0 Å². The molecule has 1 amide bonds. The Labute approximate surface area is 119 Å². The highest BCUT2D eigenvalue weighted by atomic mass is 16.5. The van der Waals surface area contributed by atoms with Crippen molar-refractivity contribution in [3.05, 3.63) is 59.9 Å². The molecule has 2 aromatic rings. The fraction of sp³-hybridized carbons (Fsp3) is 0.250. The molecule has 1 aromatic carbocycles. The first kappa shape index (κ1) is 14.1. The SMILES string of the molecule is COc1cccc(C(=O)N(C)CCc2cccc[nH+]2)c1. The fourth-order valence-electron chi connectivity index (χ4n) is 1.95. The second-order valence-electron chi connectivity index (χ2n) is 4.60. The van der Waals surface area contributed by atoms with Crippen molar-refractivity contribution in [3.8, 4) is 5.75 Å². The summed E-state index contributed by atoms with van der Waals surface area (Å²) in [5.41, 5.74) is 1.75. The molecule has 0 unspecified atom stereocenters. The van der Waals surface area contributed by atoms with E-state index in [2.05, 4.69) is 4.98 Å². The molecule has 0 atom stereocenters. The molecule has 0 spiro atoms. The number of pyridine rings is 1. The van der Waals surface area contributed by atoms with Crippen molar-refractivity contribution in [1.82, 2.24) is 4.90 Å². The van der Waals surface area contributed by atoms with Crippen LogP contribution in [0.5, 0.6) is 5.75 Å². The Kier molecular flexibility index (Phi) is 4.71. The lowest BCUT2D eigenvalue weighted by Gasteiger charge is -2.16. The van der Waals surface area contributed by atoms with Gasteiger partial charge in [0, 0.05) is 37.7 Å². The minimum absolute atomic E-state index is 0.000156. The van der Waals surface area contributed by atoms with E-state index in [4.69, 9.17) is 4.74 Å². The van der Waals surface area contributed by atoms with Gasteiger partial charge >= 0.3 is 0 Å². The van der Waals surface area contributed by atoms with Crippen molar-refractivity contribution in [2.75, 3.05) is 20.7 Å². The predicted octanol–water partition coefficient (Wildman–Crippen LogP) is 1.82. The zero-order valence-corrected chi connectivity index (χ0v) is 11.8. The van der Waals surface area contributed by atoms with Crippen LogP contribution in [-0.2, 0) is 6.42 Å². The third kappa shape index (κ3) is 3.57. The number of methoxy groups -OCH3 is 1. The third-order valence-corrected chi connectivity index (χ3v) is 3.15. The van der Waals surface area contributed by atoms with Gasteiger partial charge in [-0.25, -0.2) is 4.98 Å². The first-order valence-electron chi connectivity index (χ1n) is 6.56. The van der Waals surface area contributed by atoms with E-state index in [1.54, 1.807) is 24.1 Å². The molecule has 1 N–H and O–H groups in total. The number of hydrogen-bond acceptors (Lipinski definition) is 2. The number of carbonyl (C=O) groups excluding carboxylic acids is 1. The summed E-state index contributed by atoms with van der Waals surface area (Å²) in [6.45, 7) is 0.663. The maximum atomic E-state index is 12.3. The van der Waals surface area contributed by atoms with Crippen LogP contribution < -0.4 is 9.72 Å². The molecule has 1 heterocycles. The van der Waals surface area contributed by atoms with Crippen molar-refractivity contribution in [1.29, 1.82) is 0 Å². The smallest absolute Gasteiger partial charge is 0.253 e. The summed E-state index contributed by atoms with van der Waals surface area (Å²) in [6, 6.07) is 13.2. The van der Waals surface area contributed by atoms with Crippen LogP contribution in [0.3, 0.4) is 0 Å². The number of hydrogen-bond donors (Lipinski definition) is 0. The lowest BCUT2D eigenvalue weighted by molar-refractivity contribution is -0.390. The van der Waals surface area contributed by atoms with Crippen molar-refractivity contribution in [2.24, 2.45) is 0 Å². The van der Waals surface area contributed by atoms with Gasteiger partial charge in [-0.2, -0.15) is 0 Å². The Balaban J connectivity index is 1.98. The quantitative estimate of drug-likeness (QED) is 0.832. The highest BCUT2D eigenvalue weighted by Gasteiger charge is 2.13. The number of amides is 1. The van der Waals surface area contributed by atoms with Crippen molar-refractivity contribution in [2.45, 2.75) is 6.42 Å². The summed E-state index contributed by atoms with van der Waals surface area (Å²) in [7, 11) is 3.41. The van der Waals surface area contributed by atoms with E-state index in [0.29, 0.717) is 17.9 Å². The zero-order chi connectivity index (χ0) is 14.4. The van der Waals surface area contributed by atoms with E-state index in [-0.39, 0.29) is 5.91 Å². The molecule has 4 heteroatoms. The summed E-state index contributed by atoms with van der Waals surface area (Å²) < 4.78 is 5.14. The number of likely N-dealkylation sites (N-methyl/N-ethyl adjacent to an activating group) is 1. The summed E-state index contributed by atoms with van der Waals surface area (Å²) in [4.78, 5) is 17.2. The summed E-state index contributed by atoms with van der Waals surface area (Å²) >= 11 is 0. The molecule has 0 bridgehead atoms. The number of aromatic nitrogens is 1. The van der Waals surface area contributed by atoms with E-state index in [9.17, 15) is 4.79 Å². The Bertz CT molecular complexity index is 570. The molecule has 0 aliphatic heterocycles. The van der Waals surface area contributed by atoms with Crippen LogP contribution in [0.15, 0.2) is 48.7 Å². The lowest BCUT2D eigenvalue weighted by Crippen LogP contribution is -2.30. The van der Waals surface area contributed by atoms with Crippen LogP contribution in [0.1, 0.15) is 16.1 Å². The van der Waals surface area contributed by atoms with Crippen molar-refractivity contribution < 1.29 is 14.5 Å². The average molecular weight is 271 g/mol. The molecule has 0 aliphatic carbocycles. The Morgan fingerprint density at radius 2 is 2.10 bits per heavy atom. The highest BCUT2D eigenvalue weighted by molar-refractivity contribution is 5.94. The molecule has 4 nitrogen and oxygen atoms in total. The van der Waals surface area contributed by atoms with Gasteiger partial charge in [-0.3, -0.25) is 4.79 Å². The molecule has 0 saturated carbocycles. The lowest BCUT2D eigenvalue weighted by atomic mass is 10.2. The van der Waals surface area contributed by atoms with Crippen molar-refractivity contribution in [3.63, 3.8) is 0 Å². The number of nitrogens with one attached hydrogen (secondary N) is 1. The van der Waals surface area contributed by atoms with Gasteiger partial charge in [0.25, 0.3) is 5.91 Å². The Morgan fingerprint density at radius 3 is 2.80 bits per heavy atom. The van der Waals surface area contributed by atoms with E-state index < -0.39 is 0 Å². The molecular weight excluding hydrogens is 252 g/mol. The van der Waals surface area contributed by atoms with Crippen LogP contribution in [0, 0.1) is 0 Å². The van der Waals surface area contributed by atoms with E-state index in [1.807, 2.05) is 43.6 Å². The summed E-state index contributed by atoms with van der Waals surface area (Å²) in [5, 5.41) is 0. The topological polar surface area (TPSA) is 43.7 Å². The van der Waals surface area contributed by atoms with Crippen LogP contribution in [0.4, 0.5) is 0 Å². The molecule has 2 rings (SSSR count). The number of nitrogens with zero attached hydrogens (tertiary/aromatic N) is 1. The fourth-order valence-corrected chi connectivity index (χ4v) is 1.95. The van der Waals surface area contributed by atoms with Gasteiger partial charge in [0.2, 0.25) is 0 Å². The molecule has 0 radical (unpaired) electrons. The zero-order valence-electron chi connectivity index (χ0n) is 11.8. The first-order valence-corrected chi connectivity index (χ1v) is 6.56. The number of H-pyrrole nitrogens is 1. The largest absolute Gasteiger partial charge is 0.497 e. The minimum Gasteiger partial charge on any atom is -0.497 e. The number of benzene rings is 1. The van der Waals surface area contributed by atoms with E-state index in [1.165, 1.54) is 0 Å². The molecule has 20 heavy (non-hydrogen) atoms. The van der Waals surface area contributed by atoms with E-state index in [0.717, 1.165) is 12.1 Å². The van der Waals surface area contributed by atoms with Crippen LogP contribution in [0.25, 0.3) is 0 Å². The Morgan fingerprint density at radius 1 is 1.25 bits per heavy atom. The van der Waals surface area contributed by atoms with Crippen molar-refractivity contribution >= 4 is 5.91 Å². The molecule has 104 valence electrons. The van der Waals surface area contributed by atoms with Gasteiger partial charge in [0.15, 0.2) is 11.9 Å². The number of ether oxygens (including phenoxy) is 1. The Hall–Kier alpha value is -2.36. The highest BCUT2D eigenvalue weighted by Crippen LogP contribution is 2.14. The van der Waals surface area contributed by atoms with Gasteiger partial charge < -0.3 is 9.64 Å². The minimum atomic E-state index is -0.000156. The van der Waals surface area contributed by atoms with Crippen LogP contribution in [-0.4, -0.2) is 31.5 Å². The molecule has 0 fully saturated rings. The standard InChI is InChI=1S/C16H18N2O2/c1-18(11-9-14-7-3-4-10-17-14)16(19)13-6-5-8-15(12-13)20-2/h3-8,10,12H,9,11H2,1-2H3/p+1. The maximum Gasteiger partial charge on any atom is 0.253 e. The molecule has 0 aliphatic rings. The van der Waals surface area contributed by atoms with Gasteiger partial charge in [-0.15, -0.1) is 0 Å². The number of aromatic amines is 1.